The molecule has 0 aliphatic carbocycles. The number of para-hydroxylation sites is 1. The quantitative estimate of drug-likeness (QED) is 0.771. The minimum Gasteiger partial charge on any atom is -0.472 e. The molecule has 0 aliphatic rings. The van der Waals surface area contributed by atoms with Crippen molar-refractivity contribution in [3.63, 3.8) is 0 Å². The van der Waals surface area contributed by atoms with Gasteiger partial charge in [0.1, 0.15) is 17.6 Å². The van der Waals surface area contributed by atoms with Crippen LogP contribution in [0.4, 0.5) is 0 Å². The standard InChI is InChI=1S/C17H14O3/c18-17(14-10-11-19-12-14)13-6-8-16(9-7-13)20-15-4-2-1-3-5-15/h1-12,17-18H/t17-/m0/s1. The maximum absolute atomic E-state index is 10.2. The Labute approximate surface area is 117 Å². The largest absolute Gasteiger partial charge is 0.472 e. The van der Waals surface area contributed by atoms with Crippen molar-refractivity contribution in [3.05, 3.63) is 84.3 Å². The molecular formula is C17H14O3. The molecule has 0 saturated carbocycles. The Morgan fingerprint density at radius 1 is 0.800 bits per heavy atom. The Bertz CT molecular complexity index is 642. The van der Waals surface area contributed by atoms with E-state index in [4.69, 9.17) is 9.15 Å². The summed E-state index contributed by atoms with van der Waals surface area (Å²) in [5.74, 6) is 1.52. The third-order valence-electron chi connectivity index (χ3n) is 3.03. The predicted octanol–water partition coefficient (Wildman–Crippen LogP) is 4.15. The van der Waals surface area contributed by atoms with Crippen LogP contribution in [0.25, 0.3) is 0 Å². The van der Waals surface area contributed by atoms with Gasteiger partial charge in [-0.1, -0.05) is 30.3 Å². The van der Waals surface area contributed by atoms with Crippen molar-refractivity contribution in [2.75, 3.05) is 0 Å². The second-order valence-corrected chi connectivity index (χ2v) is 4.44. The van der Waals surface area contributed by atoms with E-state index < -0.39 is 6.10 Å². The van der Waals surface area contributed by atoms with Gasteiger partial charge in [0, 0.05) is 5.56 Å². The maximum Gasteiger partial charge on any atom is 0.127 e. The van der Waals surface area contributed by atoms with Gasteiger partial charge in [0.05, 0.1) is 12.5 Å². The first kappa shape index (κ1) is 12.5. The molecule has 0 spiro atoms. The van der Waals surface area contributed by atoms with Gasteiger partial charge in [0.15, 0.2) is 0 Å². The summed E-state index contributed by atoms with van der Waals surface area (Å²) in [6, 6.07) is 18.7. The Hall–Kier alpha value is -2.52. The van der Waals surface area contributed by atoms with Crippen molar-refractivity contribution in [3.8, 4) is 11.5 Å². The Morgan fingerprint density at radius 3 is 2.15 bits per heavy atom. The number of furan rings is 1. The summed E-state index contributed by atoms with van der Waals surface area (Å²) in [6.07, 6.45) is 2.41. The zero-order valence-corrected chi connectivity index (χ0v) is 10.8. The summed E-state index contributed by atoms with van der Waals surface area (Å²) < 4.78 is 10.7. The van der Waals surface area contributed by atoms with Crippen LogP contribution in [0, 0.1) is 0 Å². The second kappa shape index (κ2) is 5.63. The van der Waals surface area contributed by atoms with Gasteiger partial charge >= 0.3 is 0 Å². The number of aliphatic hydroxyl groups excluding tert-OH is 1. The lowest BCUT2D eigenvalue weighted by atomic mass is 10.0. The van der Waals surface area contributed by atoms with Crippen LogP contribution in [0.2, 0.25) is 0 Å². The molecule has 100 valence electrons. The van der Waals surface area contributed by atoms with Crippen LogP contribution >= 0.6 is 0 Å². The Balaban J connectivity index is 1.75. The number of ether oxygens (including phenoxy) is 1. The Kier molecular flexibility index (Phi) is 3.52. The molecule has 3 rings (SSSR count). The molecule has 0 amide bonds. The number of aliphatic hydroxyl groups is 1. The fourth-order valence-corrected chi connectivity index (χ4v) is 1.97. The van der Waals surface area contributed by atoms with Crippen molar-refractivity contribution in [1.82, 2.24) is 0 Å². The minimum absolute atomic E-state index is 0.681. The highest BCUT2D eigenvalue weighted by atomic mass is 16.5. The minimum atomic E-state index is -0.681. The summed E-state index contributed by atoms with van der Waals surface area (Å²) in [5, 5.41) is 10.2. The van der Waals surface area contributed by atoms with Gasteiger partial charge < -0.3 is 14.3 Å². The Morgan fingerprint density at radius 2 is 1.50 bits per heavy atom. The fraction of sp³-hybridized carbons (Fsp3) is 0.0588. The van der Waals surface area contributed by atoms with E-state index in [1.165, 1.54) is 0 Å². The molecule has 1 atom stereocenters. The fourth-order valence-electron chi connectivity index (χ4n) is 1.97. The number of benzene rings is 2. The van der Waals surface area contributed by atoms with Crippen LogP contribution in [0.3, 0.4) is 0 Å². The first-order valence-corrected chi connectivity index (χ1v) is 6.36. The molecule has 0 saturated heterocycles. The molecule has 3 aromatic rings. The van der Waals surface area contributed by atoms with Crippen LogP contribution < -0.4 is 4.74 Å². The van der Waals surface area contributed by atoms with Crippen LogP contribution in [0.15, 0.2) is 77.6 Å². The molecule has 1 N–H and O–H groups in total. The average molecular weight is 266 g/mol. The molecule has 2 aromatic carbocycles. The predicted molar refractivity (Wildman–Crippen MR) is 75.7 cm³/mol. The molecule has 1 heterocycles. The normalized spacial score (nSPS) is 12.1. The first-order chi connectivity index (χ1) is 9.83. The van der Waals surface area contributed by atoms with E-state index >= 15 is 0 Å². The lowest BCUT2D eigenvalue weighted by molar-refractivity contribution is 0.219. The first-order valence-electron chi connectivity index (χ1n) is 6.36. The van der Waals surface area contributed by atoms with Crippen LogP contribution in [0.1, 0.15) is 17.2 Å². The van der Waals surface area contributed by atoms with Gasteiger partial charge in [-0.05, 0) is 35.9 Å². The van der Waals surface area contributed by atoms with Crippen LogP contribution in [-0.4, -0.2) is 5.11 Å². The van der Waals surface area contributed by atoms with E-state index in [1.54, 1.807) is 18.6 Å². The second-order valence-electron chi connectivity index (χ2n) is 4.44. The third kappa shape index (κ3) is 2.73. The highest BCUT2D eigenvalue weighted by Gasteiger charge is 2.11. The highest BCUT2D eigenvalue weighted by molar-refractivity contribution is 5.35. The van der Waals surface area contributed by atoms with Crippen molar-refractivity contribution in [2.24, 2.45) is 0 Å². The van der Waals surface area contributed by atoms with Gasteiger partial charge in [0.25, 0.3) is 0 Å². The van der Waals surface area contributed by atoms with Crippen molar-refractivity contribution in [1.29, 1.82) is 0 Å². The SMILES string of the molecule is O[C@@H](c1ccc(Oc2ccccc2)cc1)c1ccoc1. The molecular weight excluding hydrogens is 252 g/mol. The maximum atomic E-state index is 10.2. The monoisotopic (exact) mass is 266 g/mol. The molecule has 0 aliphatic heterocycles. The van der Waals surface area contributed by atoms with E-state index in [2.05, 4.69) is 0 Å². The van der Waals surface area contributed by atoms with Gasteiger partial charge in [-0.3, -0.25) is 0 Å². The molecule has 3 nitrogen and oxygen atoms in total. The number of rotatable bonds is 4. The van der Waals surface area contributed by atoms with Crippen molar-refractivity contribution < 1.29 is 14.3 Å². The van der Waals surface area contributed by atoms with Gasteiger partial charge in [-0.25, -0.2) is 0 Å². The molecule has 0 unspecified atom stereocenters. The molecule has 0 radical (unpaired) electrons. The van der Waals surface area contributed by atoms with Crippen LogP contribution in [0.5, 0.6) is 11.5 Å². The van der Waals surface area contributed by atoms with E-state index in [0.717, 1.165) is 22.6 Å². The summed E-state index contributed by atoms with van der Waals surface area (Å²) in [4.78, 5) is 0. The van der Waals surface area contributed by atoms with Gasteiger partial charge in [-0.15, -0.1) is 0 Å². The molecule has 20 heavy (non-hydrogen) atoms. The smallest absolute Gasteiger partial charge is 0.127 e. The molecule has 0 fully saturated rings. The van der Waals surface area contributed by atoms with E-state index in [-0.39, 0.29) is 0 Å². The zero-order valence-electron chi connectivity index (χ0n) is 10.8. The topological polar surface area (TPSA) is 42.6 Å². The van der Waals surface area contributed by atoms with Gasteiger partial charge in [-0.2, -0.15) is 0 Å². The number of hydrogen-bond donors (Lipinski definition) is 1. The third-order valence-corrected chi connectivity index (χ3v) is 3.03. The van der Waals surface area contributed by atoms with E-state index in [1.807, 2.05) is 54.6 Å². The van der Waals surface area contributed by atoms with Crippen LogP contribution in [-0.2, 0) is 0 Å². The summed E-state index contributed by atoms with van der Waals surface area (Å²) in [5.41, 5.74) is 1.54. The molecule has 1 aromatic heterocycles. The summed E-state index contributed by atoms with van der Waals surface area (Å²) in [7, 11) is 0. The zero-order chi connectivity index (χ0) is 13.8. The lowest BCUT2D eigenvalue weighted by Gasteiger charge is -2.10. The highest BCUT2D eigenvalue weighted by Crippen LogP contribution is 2.26. The van der Waals surface area contributed by atoms with E-state index in [0.29, 0.717) is 0 Å². The number of hydrogen-bond acceptors (Lipinski definition) is 3. The van der Waals surface area contributed by atoms with Crippen molar-refractivity contribution in [2.45, 2.75) is 6.10 Å². The summed E-state index contributed by atoms with van der Waals surface area (Å²) >= 11 is 0. The van der Waals surface area contributed by atoms with Crippen molar-refractivity contribution >= 4 is 0 Å². The van der Waals surface area contributed by atoms with E-state index in [9.17, 15) is 5.11 Å². The lowest BCUT2D eigenvalue weighted by Crippen LogP contribution is -1.97. The molecule has 0 bridgehead atoms. The molecule has 3 heteroatoms. The summed E-state index contributed by atoms with van der Waals surface area (Å²) in [6.45, 7) is 0. The average Bonchev–Trinajstić information content (AvgIpc) is 3.03. The van der Waals surface area contributed by atoms with Gasteiger partial charge in [0.2, 0.25) is 0 Å².